The monoisotopic (exact) mass is 414 g/mol. The van der Waals surface area contributed by atoms with Gasteiger partial charge in [-0.15, -0.1) is 0 Å². The molecule has 8 heteroatoms. The Bertz CT molecular complexity index is 1130. The Hall–Kier alpha value is -3.13. The van der Waals surface area contributed by atoms with Gasteiger partial charge in [0.05, 0.1) is 38.0 Å². The second-order valence-electron chi connectivity index (χ2n) is 6.38. The van der Waals surface area contributed by atoms with Crippen molar-refractivity contribution in [3.8, 4) is 11.5 Å². The van der Waals surface area contributed by atoms with E-state index in [0.717, 1.165) is 15.8 Å². The zero-order valence-electron chi connectivity index (χ0n) is 16.7. The highest BCUT2D eigenvalue weighted by atomic mass is 32.1. The molecule has 0 bridgehead atoms. The zero-order chi connectivity index (χ0) is 21.0. The lowest BCUT2D eigenvalue weighted by atomic mass is 10.1. The molecule has 1 aromatic heterocycles. The maximum Gasteiger partial charge on any atom is 0.325 e. The van der Waals surface area contributed by atoms with Crippen LogP contribution in [0.25, 0.3) is 10.2 Å². The first-order valence-electron chi connectivity index (χ1n) is 8.90. The molecule has 0 aliphatic heterocycles. The number of hydrogen-bond acceptors (Lipinski definition) is 6. The van der Waals surface area contributed by atoms with Crippen LogP contribution in [0.15, 0.2) is 41.4 Å². The number of rotatable bonds is 6. The first-order chi connectivity index (χ1) is 13.9. The number of ether oxygens (including phenoxy) is 3. The van der Waals surface area contributed by atoms with E-state index >= 15 is 0 Å². The van der Waals surface area contributed by atoms with Gasteiger partial charge < -0.3 is 18.8 Å². The number of carbonyl (C=O) groups is 2. The average Bonchev–Trinajstić information content (AvgIpc) is 3.03. The molecule has 2 aromatic carbocycles. The molecule has 0 aliphatic carbocycles. The lowest BCUT2D eigenvalue weighted by Crippen LogP contribution is -2.22. The Morgan fingerprint density at radius 3 is 2.55 bits per heavy atom. The smallest absolute Gasteiger partial charge is 0.325 e. The summed E-state index contributed by atoms with van der Waals surface area (Å²) in [6.45, 7) is 1.97. The number of thiazole rings is 1. The summed E-state index contributed by atoms with van der Waals surface area (Å²) in [7, 11) is 4.44. The van der Waals surface area contributed by atoms with E-state index in [2.05, 4.69) is 4.99 Å². The van der Waals surface area contributed by atoms with Crippen molar-refractivity contribution in [2.24, 2.45) is 4.99 Å². The molecular weight excluding hydrogens is 392 g/mol. The van der Waals surface area contributed by atoms with Crippen molar-refractivity contribution in [3.63, 3.8) is 0 Å². The van der Waals surface area contributed by atoms with Crippen LogP contribution >= 0.6 is 11.3 Å². The van der Waals surface area contributed by atoms with Crippen molar-refractivity contribution in [2.75, 3.05) is 21.3 Å². The SMILES string of the molecule is COC(=O)Cn1c(=NC(=O)Cc2ccc(OC)cc2OC)sc2cc(C)ccc21. The number of aryl methyl sites for hydroxylation is 1. The minimum Gasteiger partial charge on any atom is -0.497 e. The summed E-state index contributed by atoms with van der Waals surface area (Å²) >= 11 is 1.36. The fraction of sp³-hybridized carbons (Fsp3) is 0.286. The molecule has 152 valence electrons. The molecule has 0 spiro atoms. The van der Waals surface area contributed by atoms with Crippen LogP contribution in [0.5, 0.6) is 11.5 Å². The van der Waals surface area contributed by atoms with E-state index in [0.29, 0.717) is 21.9 Å². The van der Waals surface area contributed by atoms with Crippen molar-refractivity contribution < 1.29 is 23.8 Å². The summed E-state index contributed by atoms with van der Waals surface area (Å²) in [5.41, 5.74) is 2.63. The third-order valence-electron chi connectivity index (χ3n) is 4.41. The predicted octanol–water partition coefficient (Wildman–Crippen LogP) is 2.87. The highest BCUT2D eigenvalue weighted by Crippen LogP contribution is 2.25. The van der Waals surface area contributed by atoms with Gasteiger partial charge in [0.1, 0.15) is 18.0 Å². The number of carbonyl (C=O) groups excluding carboxylic acids is 2. The number of hydrogen-bond donors (Lipinski definition) is 0. The number of fused-ring (bicyclic) bond motifs is 1. The molecule has 0 unspecified atom stereocenters. The molecule has 29 heavy (non-hydrogen) atoms. The Morgan fingerprint density at radius 2 is 1.86 bits per heavy atom. The van der Waals surface area contributed by atoms with Gasteiger partial charge in [-0.25, -0.2) is 0 Å². The molecule has 0 atom stereocenters. The highest BCUT2D eigenvalue weighted by Gasteiger charge is 2.14. The Labute approximate surface area is 172 Å². The first-order valence-corrected chi connectivity index (χ1v) is 9.72. The Kier molecular flexibility index (Phi) is 6.33. The summed E-state index contributed by atoms with van der Waals surface area (Å²) in [5.74, 6) is 0.458. The summed E-state index contributed by atoms with van der Waals surface area (Å²) in [6, 6.07) is 11.1. The van der Waals surface area contributed by atoms with Gasteiger partial charge in [0.25, 0.3) is 5.91 Å². The van der Waals surface area contributed by atoms with E-state index in [9.17, 15) is 9.59 Å². The van der Waals surface area contributed by atoms with Gasteiger partial charge in [0.15, 0.2) is 4.80 Å². The molecule has 0 aliphatic rings. The van der Waals surface area contributed by atoms with Gasteiger partial charge >= 0.3 is 5.97 Å². The Morgan fingerprint density at radius 1 is 1.07 bits per heavy atom. The van der Waals surface area contributed by atoms with Crippen molar-refractivity contribution in [3.05, 3.63) is 52.3 Å². The molecule has 3 rings (SSSR count). The molecule has 0 fully saturated rings. The molecule has 0 radical (unpaired) electrons. The van der Waals surface area contributed by atoms with Gasteiger partial charge in [-0.2, -0.15) is 4.99 Å². The van der Waals surface area contributed by atoms with E-state index < -0.39 is 5.97 Å². The van der Waals surface area contributed by atoms with Crippen molar-refractivity contribution in [2.45, 2.75) is 19.9 Å². The summed E-state index contributed by atoms with van der Waals surface area (Å²) in [6.07, 6.45) is 0.0681. The molecule has 1 heterocycles. The van der Waals surface area contributed by atoms with E-state index in [1.807, 2.05) is 25.1 Å². The van der Waals surface area contributed by atoms with Gasteiger partial charge in [-0.3, -0.25) is 9.59 Å². The largest absolute Gasteiger partial charge is 0.497 e. The fourth-order valence-corrected chi connectivity index (χ4v) is 4.06. The van der Waals surface area contributed by atoms with E-state index in [4.69, 9.17) is 14.2 Å². The van der Waals surface area contributed by atoms with Crippen molar-refractivity contribution in [1.29, 1.82) is 0 Å². The normalized spacial score (nSPS) is 11.5. The minimum absolute atomic E-state index is 0.0163. The fourth-order valence-electron chi connectivity index (χ4n) is 2.92. The molecule has 0 saturated carbocycles. The van der Waals surface area contributed by atoms with Crippen LogP contribution in [0, 0.1) is 6.92 Å². The second-order valence-corrected chi connectivity index (χ2v) is 7.39. The maximum absolute atomic E-state index is 12.7. The summed E-state index contributed by atoms with van der Waals surface area (Å²) in [5, 5.41) is 0. The standard InChI is InChI=1S/C21H22N2O5S/c1-13-5-8-16-18(9-13)29-21(23(16)12-20(25)28-4)22-19(24)10-14-6-7-15(26-2)11-17(14)27-3/h5-9,11H,10,12H2,1-4H3. The number of benzene rings is 2. The summed E-state index contributed by atoms with van der Waals surface area (Å²) < 4.78 is 18.0. The second kappa shape index (κ2) is 8.91. The van der Waals surface area contributed by atoms with Gasteiger partial charge in [-0.05, 0) is 30.7 Å². The van der Waals surface area contributed by atoms with Crippen LogP contribution < -0.4 is 14.3 Å². The van der Waals surface area contributed by atoms with Crippen molar-refractivity contribution >= 4 is 33.4 Å². The van der Waals surface area contributed by atoms with Crippen LogP contribution in [0.1, 0.15) is 11.1 Å². The zero-order valence-corrected chi connectivity index (χ0v) is 17.5. The number of amides is 1. The third kappa shape index (κ3) is 4.65. The van der Waals surface area contributed by atoms with Crippen LogP contribution in [-0.2, 0) is 27.3 Å². The molecule has 7 nitrogen and oxygen atoms in total. The van der Waals surface area contributed by atoms with Gasteiger partial charge in [-0.1, -0.05) is 23.5 Å². The minimum atomic E-state index is -0.406. The molecule has 0 N–H and O–H groups in total. The molecule has 3 aromatic rings. The number of methoxy groups -OCH3 is 3. The van der Waals surface area contributed by atoms with Crippen molar-refractivity contribution in [1.82, 2.24) is 4.57 Å². The molecular formula is C21H22N2O5S. The van der Waals surface area contributed by atoms with E-state index in [1.54, 1.807) is 37.0 Å². The third-order valence-corrected chi connectivity index (χ3v) is 5.45. The maximum atomic E-state index is 12.7. The topological polar surface area (TPSA) is 79.1 Å². The highest BCUT2D eigenvalue weighted by molar-refractivity contribution is 7.16. The van der Waals surface area contributed by atoms with Crippen LogP contribution in [0.3, 0.4) is 0 Å². The van der Waals surface area contributed by atoms with Crippen LogP contribution in [0.4, 0.5) is 0 Å². The van der Waals surface area contributed by atoms with E-state index in [-0.39, 0.29) is 18.9 Å². The average molecular weight is 414 g/mol. The molecule has 0 saturated heterocycles. The number of esters is 1. The van der Waals surface area contributed by atoms with Crippen LogP contribution in [-0.4, -0.2) is 37.8 Å². The summed E-state index contributed by atoms with van der Waals surface area (Å²) in [4.78, 5) is 29.3. The molecule has 1 amide bonds. The lowest BCUT2D eigenvalue weighted by molar-refractivity contribution is -0.141. The van der Waals surface area contributed by atoms with Gasteiger partial charge in [0, 0.05) is 11.6 Å². The predicted molar refractivity (Wildman–Crippen MR) is 110 cm³/mol. The van der Waals surface area contributed by atoms with Gasteiger partial charge in [0.2, 0.25) is 0 Å². The lowest BCUT2D eigenvalue weighted by Gasteiger charge is -2.08. The van der Waals surface area contributed by atoms with Crippen LogP contribution in [0.2, 0.25) is 0 Å². The number of aromatic nitrogens is 1. The first kappa shape index (κ1) is 20.6. The Balaban J connectivity index is 1.99. The quantitative estimate of drug-likeness (QED) is 0.580. The number of nitrogens with zero attached hydrogens (tertiary/aromatic N) is 2. The van der Waals surface area contributed by atoms with E-state index in [1.165, 1.54) is 18.4 Å².